The zero-order chi connectivity index (χ0) is 15.3. The molecule has 0 unspecified atom stereocenters. The second-order valence-electron chi connectivity index (χ2n) is 5.98. The van der Waals surface area contributed by atoms with Crippen LogP contribution in [0.25, 0.3) is 0 Å². The number of nitrogens with zero attached hydrogens (tertiary/aromatic N) is 1. The molecule has 0 bridgehead atoms. The van der Waals surface area contributed by atoms with E-state index in [0.717, 1.165) is 44.9 Å². The van der Waals surface area contributed by atoms with Crippen LogP contribution in [-0.2, 0) is 9.59 Å². The largest absolute Gasteiger partial charge is 0.356 e. The molecule has 0 aromatic rings. The Labute approximate surface area is 125 Å². The van der Waals surface area contributed by atoms with Crippen molar-refractivity contribution in [1.29, 1.82) is 0 Å². The number of rotatable bonds is 7. The van der Waals surface area contributed by atoms with Gasteiger partial charge in [0.1, 0.15) is 5.54 Å². The van der Waals surface area contributed by atoms with Crippen LogP contribution in [0.2, 0.25) is 0 Å². The van der Waals surface area contributed by atoms with E-state index in [1.807, 2.05) is 0 Å². The fourth-order valence-corrected chi connectivity index (χ4v) is 3.10. The topological polar surface area (TPSA) is 78.5 Å². The van der Waals surface area contributed by atoms with E-state index in [-0.39, 0.29) is 30.8 Å². The molecular formula is C15H25N3O3. The number of hydrogen-bond donors (Lipinski definition) is 2. The van der Waals surface area contributed by atoms with Gasteiger partial charge in [-0.2, -0.15) is 0 Å². The molecule has 2 fully saturated rings. The van der Waals surface area contributed by atoms with Crippen LogP contribution >= 0.6 is 0 Å². The van der Waals surface area contributed by atoms with Crippen molar-refractivity contribution < 1.29 is 14.4 Å². The van der Waals surface area contributed by atoms with E-state index < -0.39 is 5.54 Å². The van der Waals surface area contributed by atoms with Crippen LogP contribution in [-0.4, -0.2) is 41.4 Å². The van der Waals surface area contributed by atoms with Crippen molar-refractivity contribution in [3.05, 3.63) is 0 Å². The molecular weight excluding hydrogens is 270 g/mol. The number of hydrogen-bond acceptors (Lipinski definition) is 3. The monoisotopic (exact) mass is 295 g/mol. The lowest BCUT2D eigenvalue weighted by Crippen LogP contribution is -2.44. The SMILES string of the molecule is CCCCCNC(=O)CCN1C(=O)NC2(CCCC2)C1=O. The molecule has 0 aromatic carbocycles. The van der Waals surface area contributed by atoms with E-state index in [1.165, 1.54) is 4.90 Å². The van der Waals surface area contributed by atoms with Crippen molar-refractivity contribution in [3.8, 4) is 0 Å². The first kappa shape index (κ1) is 15.8. The van der Waals surface area contributed by atoms with E-state index in [2.05, 4.69) is 17.6 Å². The lowest BCUT2D eigenvalue weighted by atomic mass is 9.98. The molecule has 2 aliphatic rings. The van der Waals surface area contributed by atoms with Gasteiger partial charge in [0.05, 0.1) is 0 Å². The van der Waals surface area contributed by atoms with Crippen LogP contribution in [0.1, 0.15) is 58.3 Å². The lowest BCUT2D eigenvalue weighted by Gasteiger charge is -2.19. The normalized spacial score (nSPS) is 20.1. The van der Waals surface area contributed by atoms with Gasteiger partial charge in [0.25, 0.3) is 5.91 Å². The molecule has 0 aromatic heterocycles. The van der Waals surface area contributed by atoms with Crippen LogP contribution in [0, 0.1) is 0 Å². The van der Waals surface area contributed by atoms with Gasteiger partial charge in [-0.1, -0.05) is 32.6 Å². The molecule has 6 nitrogen and oxygen atoms in total. The van der Waals surface area contributed by atoms with Gasteiger partial charge in [-0.3, -0.25) is 14.5 Å². The number of nitrogens with one attached hydrogen (secondary N) is 2. The Morgan fingerprint density at radius 2 is 2.00 bits per heavy atom. The fraction of sp³-hybridized carbons (Fsp3) is 0.800. The number of amides is 4. The zero-order valence-corrected chi connectivity index (χ0v) is 12.7. The predicted octanol–water partition coefficient (Wildman–Crippen LogP) is 1.55. The third-order valence-electron chi connectivity index (χ3n) is 4.37. The maximum absolute atomic E-state index is 12.4. The molecule has 21 heavy (non-hydrogen) atoms. The predicted molar refractivity (Wildman–Crippen MR) is 78.6 cm³/mol. The van der Waals surface area contributed by atoms with Gasteiger partial charge in [0, 0.05) is 19.5 Å². The third-order valence-corrected chi connectivity index (χ3v) is 4.37. The molecule has 0 radical (unpaired) electrons. The van der Waals surface area contributed by atoms with Crippen LogP contribution in [0.15, 0.2) is 0 Å². The standard InChI is InChI=1S/C15H25N3O3/c1-2-3-6-10-16-12(19)7-11-18-13(20)15(17-14(18)21)8-4-5-9-15/h2-11H2,1H3,(H,16,19)(H,17,21). The van der Waals surface area contributed by atoms with E-state index in [9.17, 15) is 14.4 Å². The van der Waals surface area contributed by atoms with E-state index in [0.29, 0.717) is 6.54 Å². The number of imide groups is 1. The van der Waals surface area contributed by atoms with Crippen molar-refractivity contribution in [1.82, 2.24) is 15.5 Å². The number of carbonyl (C=O) groups is 3. The van der Waals surface area contributed by atoms with Crippen LogP contribution in [0.3, 0.4) is 0 Å². The summed E-state index contributed by atoms with van der Waals surface area (Å²) in [4.78, 5) is 37.2. The summed E-state index contributed by atoms with van der Waals surface area (Å²) in [6.07, 6.45) is 6.73. The minimum atomic E-state index is -0.672. The first-order valence-corrected chi connectivity index (χ1v) is 8.00. The number of urea groups is 1. The molecule has 4 amide bonds. The quantitative estimate of drug-likeness (QED) is 0.552. The summed E-state index contributed by atoms with van der Waals surface area (Å²) in [5, 5.41) is 5.64. The molecule has 2 rings (SSSR count). The Kier molecular flexibility index (Phi) is 5.20. The van der Waals surface area contributed by atoms with Gasteiger partial charge in [-0.15, -0.1) is 0 Å². The van der Waals surface area contributed by atoms with E-state index in [1.54, 1.807) is 0 Å². The maximum Gasteiger partial charge on any atom is 0.325 e. The summed E-state index contributed by atoms with van der Waals surface area (Å²) in [6, 6.07) is -0.347. The van der Waals surface area contributed by atoms with Crippen molar-refractivity contribution in [2.45, 2.75) is 63.8 Å². The first-order chi connectivity index (χ1) is 10.1. The minimum Gasteiger partial charge on any atom is -0.356 e. The van der Waals surface area contributed by atoms with Crippen LogP contribution in [0.5, 0.6) is 0 Å². The van der Waals surface area contributed by atoms with E-state index >= 15 is 0 Å². The molecule has 118 valence electrons. The summed E-state index contributed by atoms with van der Waals surface area (Å²) < 4.78 is 0. The van der Waals surface area contributed by atoms with Gasteiger partial charge < -0.3 is 10.6 Å². The van der Waals surface area contributed by atoms with Gasteiger partial charge in [0.2, 0.25) is 5.91 Å². The molecule has 1 heterocycles. The Morgan fingerprint density at radius 1 is 1.29 bits per heavy atom. The Bertz CT molecular complexity index is 416. The van der Waals surface area contributed by atoms with Gasteiger partial charge >= 0.3 is 6.03 Å². The summed E-state index contributed by atoms with van der Waals surface area (Å²) in [5.74, 6) is -0.247. The fourth-order valence-electron chi connectivity index (χ4n) is 3.10. The Morgan fingerprint density at radius 3 is 2.67 bits per heavy atom. The van der Waals surface area contributed by atoms with Gasteiger partial charge in [-0.25, -0.2) is 4.79 Å². The highest BCUT2D eigenvalue weighted by Crippen LogP contribution is 2.34. The summed E-state index contributed by atoms with van der Waals surface area (Å²) in [7, 11) is 0. The molecule has 6 heteroatoms. The summed E-state index contributed by atoms with van der Waals surface area (Å²) in [6.45, 7) is 2.95. The van der Waals surface area contributed by atoms with Crippen molar-refractivity contribution in [3.63, 3.8) is 0 Å². The Balaban J connectivity index is 1.76. The number of carbonyl (C=O) groups excluding carboxylic acids is 3. The smallest absolute Gasteiger partial charge is 0.325 e. The highest BCUT2D eigenvalue weighted by molar-refractivity contribution is 6.07. The van der Waals surface area contributed by atoms with Gasteiger partial charge in [0.15, 0.2) is 0 Å². The average molecular weight is 295 g/mol. The second-order valence-corrected chi connectivity index (χ2v) is 5.98. The van der Waals surface area contributed by atoms with Crippen molar-refractivity contribution in [2.24, 2.45) is 0 Å². The maximum atomic E-state index is 12.4. The molecule has 1 spiro atoms. The summed E-state index contributed by atoms with van der Waals surface area (Å²) in [5.41, 5.74) is -0.672. The molecule has 2 N–H and O–H groups in total. The van der Waals surface area contributed by atoms with Crippen molar-refractivity contribution >= 4 is 17.8 Å². The summed E-state index contributed by atoms with van der Waals surface area (Å²) >= 11 is 0. The number of unbranched alkanes of at least 4 members (excludes halogenated alkanes) is 2. The average Bonchev–Trinajstić information content (AvgIpc) is 3.01. The van der Waals surface area contributed by atoms with Crippen LogP contribution in [0.4, 0.5) is 4.79 Å². The van der Waals surface area contributed by atoms with Gasteiger partial charge in [-0.05, 0) is 19.3 Å². The second kappa shape index (κ2) is 6.91. The molecule has 1 saturated carbocycles. The first-order valence-electron chi connectivity index (χ1n) is 8.00. The highest BCUT2D eigenvalue weighted by Gasteiger charge is 2.52. The lowest BCUT2D eigenvalue weighted by molar-refractivity contribution is -0.131. The van der Waals surface area contributed by atoms with E-state index in [4.69, 9.17) is 0 Å². The van der Waals surface area contributed by atoms with Crippen LogP contribution < -0.4 is 10.6 Å². The molecule has 0 atom stereocenters. The third kappa shape index (κ3) is 3.54. The Hall–Kier alpha value is -1.59. The zero-order valence-electron chi connectivity index (χ0n) is 12.7. The highest BCUT2D eigenvalue weighted by atomic mass is 16.2. The minimum absolute atomic E-state index is 0.0981. The molecule has 1 aliphatic carbocycles. The molecule has 1 saturated heterocycles. The van der Waals surface area contributed by atoms with Crippen molar-refractivity contribution in [2.75, 3.05) is 13.1 Å². The molecule has 1 aliphatic heterocycles.